The van der Waals surface area contributed by atoms with Gasteiger partial charge in [0.15, 0.2) is 0 Å². The highest BCUT2D eigenvalue weighted by Gasteiger charge is 2.00. The Bertz CT molecular complexity index is 346. The van der Waals surface area contributed by atoms with Crippen LogP contribution in [-0.4, -0.2) is 19.0 Å². The summed E-state index contributed by atoms with van der Waals surface area (Å²) in [5.41, 5.74) is 7.96. The van der Waals surface area contributed by atoms with Gasteiger partial charge in [-0.25, -0.2) is 0 Å². The fourth-order valence-corrected chi connectivity index (χ4v) is 1.79. The van der Waals surface area contributed by atoms with E-state index in [9.17, 15) is 4.79 Å². The number of unbranched alkanes of at least 4 members (excludes halogenated alkanes) is 1. The van der Waals surface area contributed by atoms with Gasteiger partial charge in [0, 0.05) is 13.0 Å². The van der Waals surface area contributed by atoms with Crippen LogP contribution in [0, 0.1) is 6.92 Å². The molecule has 0 aromatic heterocycles. The molecule has 0 heterocycles. The van der Waals surface area contributed by atoms with E-state index in [1.807, 2.05) is 0 Å². The summed E-state index contributed by atoms with van der Waals surface area (Å²) in [7, 11) is 0. The number of nitrogens with one attached hydrogen (secondary N) is 1. The van der Waals surface area contributed by atoms with Gasteiger partial charge in [0.2, 0.25) is 5.91 Å². The maximum absolute atomic E-state index is 11.5. The summed E-state index contributed by atoms with van der Waals surface area (Å²) < 4.78 is 0. The molecular weight excluding hydrogens is 224 g/mol. The van der Waals surface area contributed by atoms with E-state index < -0.39 is 0 Å². The average Bonchev–Trinajstić information content (AvgIpc) is 2.37. The lowest BCUT2D eigenvalue weighted by atomic mass is 10.1. The predicted molar refractivity (Wildman–Crippen MR) is 75.4 cm³/mol. The maximum Gasteiger partial charge on any atom is 0.220 e. The highest BCUT2D eigenvalue weighted by atomic mass is 16.1. The largest absolute Gasteiger partial charge is 0.356 e. The number of amides is 1. The molecule has 1 aromatic rings. The van der Waals surface area contributed by atoms with Gasteiger partial charge in [-0.1, -0.05) is 29.8 Å². The monoisotopic (exact) mass is 248 g/mol. The third-order valence-corrected chi connectivity index (χ3v) is 2.94. The lowest BCUT2D eigenvalue weighted by Crippen LogP contribution is -2.24. The lowest BCUT2D eigenvalue weighted by molar-refractivity contribution is -0.121. The van der Waals surface area contributed by atoms with Gasteiger partial charge < -0.3 is 11.1 Å². The van der Waals surface area contributed by atoms with Gasteiger partial charge in [-0.3, -0.25) is 4.79 Å². The molecule has 100 valence electrons. The summed E-state index contributed by atoms with van der Waals surface area (Å²) in [5.74, 6) is 0.152. The molecule has 0 spiro atoms. The zero-order valence-electron chi connectivity index (χ0n) is 11.2. The summed E-state index contributed by atoms with van der Waals surface area (Å²) in [4.78, 5) is 11.5. The molecule has 0 unspecified atom stereocenters. The molecule has 0 bridgehead atoms. The maximum atomic E-state index is 11.5. The molecule has 3 heteroatoms. The van der Waals surface area contributed by atoms with Crippen LogP contribution in [0.4, 0.5) is 0 Å². The Hall–Kier alpha value is -1.35. The molecule has 0 aliphatic rings. The Balaban J connectivity index is 2.10. The molecular formula is C15H24N2O. The van der Waals surface area contributed by atoms with Gasteiger partial charge in [-0.2, -0.15) is 0 Å². The quantitative estimate of drug-likeness (QED) is 0.693. The second kappa shape index (κ2) is 8.70. The number of hydrogen-bond donors (Lipinski definition) is 2. The highest BCUT2D eigenvalue weighted by molar-refractivity contribution is 5.75. The van der Waals surface area contributed by atoms with Crippen LogP contribution in [0.15, 0.2) is 24.3 Å². The normalized spacial score (nSPS) is 10.3. The molecule has 18 heavy (non-hydrogen) atoms. The van der Waals surface area contributed by atoms with Crippen molar-refractivity contribution >= 4 is 5.91 Å². The standard InChI is InChI=1S/C15H24N2O/c1-13-7-9-14(10-8-13)5-4-6-15(18)17-12-3-2-11-16/h7-10H,2-6,11-12,16H2,1H3,(H,17,18). The Morgan fingerprint density at radius 1 is 1.17 bits per heavy atom. The minimum Gasteiger partial charge on any atom is -0.356 e. The van der Waals surface area contributed by atoms with Gasteiger partial charge >= 0.3 is 0 Å². The van der Waals surface area contributed by atoms with Gasteiger partial charge in [0.25, 0.3) is 0 Å². The second-order valence-corrected chi connectivity index (χ2v) is 4.68. The van der Waals surface area contributed by atoms with Crippen LogP contribution in [0.5, 0.6) is 0 Å². The SMILES string of the molecule is Cc1ccc(CCCC(=O)NCCCCN)cc1. The summed E-state index contributed by atoms with van der Waals surface area (Å²) in [5, 5.41) is 2.92. The molecule has 1 rings (SSSR count). The van der Waals surface area contributed by atoms with Crippen molar-refractivity contribution in [3.63, 3.8) is 0 Å². The van der Waals surface area contributed by atoms with E-state index in [2.05, 4.69) is 36.5 Å². The summed E-state index contributed by atoms with van der Waals surface area (Å²) >= 11 is 0. The van der Waals surface area contributed by atoms with Gasteiger partial charge in [-0.05, 0) is 44.7 Å². The van der Waals surface area contributed by atoms with E-state index in [1.165, 1.54) is 11.1 Å². The first-order valence-corrected chi connectivity index (χ1v) is 6.74. The Kier molecular flexibility index (Phi) is 7.11. The van der Waals surface area contributed by atoms with Crippen molar-refractivity contribution in [3.8, 4) is 0 Å². The molecule has 3 nitrogen and oxygen atoms in total. The molecule has 0 saturated carbocycles. The van der Waals surface area contributed by atoms with E-state index in [0.29, 0.717) is 13.0 Å². The zero-order valence-corrected chi connectivity index (χ0v) is 11.2. The van der Waals surface area contributed by atoms with Crippen LogP contribution < -0.4 is 11.1 Å². The van der Waals surface area contributed by atoms with Crippen LogP contribution in [0.3, 0.4) is 0 Å². The average molecular weight is 248 g/mol. The third kappa shape index (κ3) is 6.40. The first-order chi connectivity index (χ1) is 8.72. The molecule has 0 aliphatic carbocycles. The number of aryl methyl sites for hydroxylation is 2. The fraction of sp³-hybridized carbons (Fsp3) is 0.533. The smallest absolute Gasteiger partial charge is 0.220 e. The van der Waals surface area contributed by atoms with E-state index in [0.717, 1.165) is 32.2 Å². The Morgan fingerprint density at radius 3 is 2.56 bits per heavy atom. The zero-order chi connectivity index (χ0) is 13.2. The van der Waals surface area contributed by atoms with E-state index in [1.54, 1.807) is 0 Å². The topological polar surface area (TPSA) is 55.1 Å². The summed E-state index contributed by atoms with van der Waals surface area (Å²) in [6, 6.07) is 8.49. The number of benzene rings is 1. The predicted octanol–water partition coefficient (Wildman–Crippen LogP) is 2.17. The van der Waals surface area contributed by atoms with Crippen LogP contribution in [0.2, 0.25) is 0 Å². The van der Waals surface area contributed by atoms with E-state index in [4.69, 9.17) is 5.73 Å². The fourth-order valence-electron chi connectivity index (χ4n) is 1.79. The molecule has 0 fully saturated rings. The minimum absolute atomic E-state index is 0.152. The number of carbonyl (C=O) groups is 1. The Morgan fingerprint density at radius 2 is 1.89 bits per heavy atom. The summed E-state index contributed by atoms with van der Waals surface area (Å²) in [6.07, 6.45) is 4.43. The number of nitrogens with two attached hydrogens (primary N) is 1. The third-order valence-electron chi connectivity index (χ3n) is 2.94. The van der Waals surface area contributed by atoms with Crippen LogP contribution in [-0.2, 0) is 11.2 Å². The molecule has 1 aromatic carbocycles. The van der Waals surface area contributed by atoms with Crippen LogP contribution in [0.25, 0.3) is 0 Å². The number of carbonyl (C=O) groups excluding carboxylic acids is 1. The van der Waals surface area contributed by atoms with Crippen molar-refractivity contribution in [2.45, 2.75) is 39.0 Å². The highest BCUT2D eigenvalue weighted by Crippen LogP contribution is 2.07. The van der Waals surface area contributed by atoms with Crippen molar-refractivity contribution in [2.75, 3.05) is 13.1 Å². The first kappa shape index (κ1) is 14.7. The van der Waals surface area contributed by atoms with Gasteiger partial charge in [0.1, 0.15) is 0 Å². The van der Waals surface area contributed by atoms with Crippen molar-refractivity contribution in [1.29, 1.82) is 0 Å². The number of rotatable bonds is 8. The van der Waals surface area contributed by atoms with Crippen molar-refractivity contribution in [2.24, 2.45) is 5.73 Å². The van der Waals surface area contributed by atoms with Crippen LogP contribution >= 0.6 is 0 Å². The first-order valence-electron chi connectivity index (χ1n) is 6.74. The number of hydrogen-bond acceptors (Lipinski definition) is 2. The van der Waals surface area contributed by atoms with Gasteiger partial charge in [0.05, 0.1) is 0 Å². The van der Waals surface area contributed by atoms with E-state index in [-0.39, 0.29) is 5.91 Å². The molecule has 0 atom stereocenters. The molecule has 0 radical (unpaired) electrons. The lowest BCUT2D eigenvalue weighted by Gasteiger charge is -2.05. The Labute approximate surface area is 110 Å². The van der Waals surface area contributed by atoms with Gasteiger partial charge in [-0.15, -0.1) is 0 Å². The van der Waals surface area contributed by atoms with Crippen molar-refractivity contribution < 1.29 is 4.79 Å². The van der Waals surface area contributed by atoms with E-state index >= 15 is 0 Å². The molecule has 3 N–H and O–H groups in total. The summed E-state index contributed by atoms with van der Waals surface area (Å²) in [6.45, 7) is 3.53. The van der Waals surface area contributed by atoms with Crippen LogP contribution in [0.1, 0.15) is 36.8 Å². The van der Waals surface area contributed by atoms with Crippen molar-refractivity contribution in [1.82, 2.24) is 5.32 Å². The molecule has 0 aliphatic heterocycles. The molecule has 1 amide bonds. The minimum atomic E-state index is 0.152. The van der Waals surface area contributed by atoms with Crippen molar-refractivity contribution in [3.05, 3.63) is 35.4 Å². The molecule has 0 saturated heterocycles. The second-order valence-electron chi connectivity index (χ2n) is 4.68.